The first-order valence-electron chi connectivity index (χ1n) is 3.89. The van der Waals surface area contributed by atoms with Gasteiger partial charge in [0.1, 0.15) is 6.42 Å². The number of hydrogen-bond donors (Lipinski definition) is 0. The van der Waals surface area contributed by atoms with Crippen LogP contribution in [0.4, 0.5) is 0 Å². The van der Waals surface area contributed by atoms with E-state index in [0.29, 0.717) is 5.56 Å². The van der Waals surface area contributed by atoms with Crippen LogP contribution in [0.3, 0.4) is 0 Å². The molecule has 0 spiro atoms. The van der Waals surface area contributed by atoms with E-state index >= 15 is 0 Å². The Morgan fingerprint density at radius 3 is 2.29 bits per heavy atom. The molecule has 0 aliphatic rings. The number of esters is 1. The number of hydrogen-bond acceptors (Lipinski definition) is 3. The van der Waals surface area contributed by atoms with Crippen molar-refractivity contribution in [2.24, 2.45) is 0 Å². The second-order valence-corrected chi connectivity index (χ2v) is 2.54. The Hall–Kier alpha value is -0.926. The first kappa shape index (κ1) is 13.1. The molecule has 0 bridgehead atoms. The van der Waals surface area contributed by atoms with Crippen molar-refractivity contribution in [2.75, 3.05) is 7.11 Å². The third-order valence-corrected chi connectivity index (χ3v) is 1.63. The maximum Gasteiger partial charge on any atom is 0.313 e. The SMILES string of the molecule is COC(=O)CC(=O)c1ccccc1.[Ti]. The average Bonchev–Trinajstić information content (AvgIpc) is 2.19. The van der Waals surface area contributed by atoms with Gasteiger partial charge in [-0.1, -0.05) is 30.3 Å². The standard InChI is InChI=1S/C10H10O3.Ti/c1-13-10(12)7-9(11)8-5-3-2-4-6-8;/h2-6H,7H2,1H3;. The number of benzene rings is 1. The second-order valence-electron chi connectivity index (χ2n) is 2.54. The molecule has 0 saturated carbocycles. The molecule has 0 radical (unpaired) electrons. The minimum Gasteiger partial charge on any atom is -0.469 e. The number of carbonyl (C=O) groups excluding carboxylic acids is 2. The fourth-order valence-electron chi connectivity index (χ4n) is 0.929. The molecule has 0 unspecified atom stereocenters. The summed E-state index contributed by atoms with van der Waals surface area (Å²) in [4.78, 5) is 22.1. The van der Waals surface area contributed by atoms with Gasteiger partial charge in [-0.2, -0.15) is 0 Å². The molecule has 0 aliphatic heterocycles. The number of ether oxygens (including phenoxy) is 1. The van der Waals surface area contributed by atoms with E-state index in [-0.39, 0.29) is 33.9 Å². The number of methoxy groups -OCH3 is 1. The molecule has 0 aliphatic carbocycles. The van der Waals surface area contributed by atoms with Crippen molar-refractivity contribution < 1.29 is 36.0 Å². The van der Waals surface area contributed by atoms with Gasteiger partial charge in [-0.05, 0) is 0 Å². The molecule has 3 nitrogen and oxygen atoms in total. The Kier molecular flexibility index (Phi) is 6.09. The number of rotatable bonds is 3. The van der Waals surface area contributed by atoms with Crippen LogP contribution in [-0.4, -0.2) is 18.9 Å². The molecule has 72 valence electrons. The Morgan fingerprint density at radius 1 is 1.21 bits per heavy atom. The van der Waals surface area contributed by atoms with Crippen LogP contribution in [0.1, 0.15) is 16.8 Å². The summed E-state index contributed by atoms with van der Waals surface area (Å²) in [6.07, 6.45) is -0.194. The van der Waals surface area contributed by atoms with E-state index in [0.717, 1.165) is 0 Å². The van der Waals surface area contributed by atoms with Crippen molar-refractivity contribution in [3.8, 4) is 0 Å². The van der Waals surface area contributed by atoms with Crippen molar-refractivity contribution in [1.82, 2.24) is 0 Å². The Morgan fingerprint density at radius 2 is 1.79 bits per heavy atom. The summed E-state index contributed by atoms with van der Waals surface area (Å²) in [5, 5.41) is 0. The van der Waals surface area contributed by atoms with Gasteiger partial charge in [0.2, 0.25) is 0 Å². The van der Waals surface area contributed by atoms with E-state index in [2.05, 4.69) is 4.74 Å². The Balaban J connectivity index is 0.00000169. The summed E-state index contributed by atoms with van der Waals surface area (Å²) < 4.78 is 4.38. The van der Waals surface area contributed by atoms with Crippen molar-refractivity contribution >= 4 is 11.8 Å². The molecule has 0 aromatic heterocycles. The Bertz CT molecular complexity index is 308. The zero-order valence-electron chi connectivity index (χ0n) is 7.82. The van der Waals surface area contributed by atoms with E-state index in [9.17, 15) is 9.59 Å². The first-order chi connectivity index (χ1) is 6.24. The van der Waals surface area contributed by atoms with Crippen LogP contribution < -0.4 is 0 Å². The van der Waals surface area contributed by atoms with Crippen molar-refractivity contribution in [3.63, 3.8) is 0 Å². The molecule has 4 heteroatoms. The summed E-state index contributed by atoms with van der Waals surface area (Å²) in [6, 6.07) is 8.67. The normalized spacial score (nSPS) is 8.64. The molecule has 1 aromatic carbocycles. The van der Waals surface area contributed by atoms with Gasteiger partial charge in [0.25, 0.3) is 0 Å². The van der Waals surface area contributed by atoms with Gasteiger partial charge in [-0.3, -0.25) is 9.59 Å². The predicted octanol–water partition coefficient (Wildman–Crippen LogP) is 1.43. The van der Waals surface area contributed by atoms with Crippen LogP contribution in [0.15, 0.2) is 30.3 Å². The van der Waals surface area contributed by atoms with Gasteiger partial charge < -0.3 is 4.74 Å². The molecule has 0 fully saturated rings. The fourth-order valence-corrected chi connectivity index (χ4v) is 0.929. The van der Waals surface area contributed by atoms with E-state index in [1.165, 1.54) is 7.11 Å². The van der Waals surface area contributed by atoms with Crippen LogP contribution in [0, 0.1) is 0 Å². The quantitative estimate of drug-likeness (QED) is 0.339. The van der Waals surface area contributed by atoms with Gasteiger partial charge in [0, 0.05) is 27.3 Å². The number of carbonyl (C=O) groups is 2. The monoisotopic (exact) mass is 226 g/mol. The predicted molar refractivity (Wildman–Crippen MR) is 47.4 cm³/mol. The summed E-state index contributed by atoms with van der Waals surface area (Å²) in [6.45, 7) is 0. The number of Topliss-reactive ketones (excluding diaryl/α,β-unsaturated/α-hetero) is 1. The zero-order valence-corrected chi connectivity index (χ0v) is 9.38. The minimum absolute atomic E-state index is 0. The summed E-state index contributed by atoms with van der Waals surface area (Å²) in [7, 11) is 1.26. The van der Waals surface area contributed by atoms with E-state index in [1.54, 1.807) is 24.3 Å². The maximum atomic E-state index is 11.3. The molecule has 14 heavy (non-hydrogen) atoms. The molecule has 1 rings (SSSR count). The van der Waals surface area contributed by atoms with Crippen LogP contribution in [-0.2, 0) is 31.2 Å². The molecule has 1 aromatic rings. The molecular weight excluding hydrogens is 216 g/mol. The van der Waals surface area contributed by atoms with Crippen molar-refractivity contribution in [2.45, 2.75) is 6.42 Å². The smallest absolute Gasteiger partial charge is 0.313 e. The summed E-state index contributed by atoms with van der Waals surface area (Å²) in [5.41, 5.74) is 0.535. The van der Waals surface area contributed by atoms with Gasteiger partial charge in [0.15, 0.2) is 5.78 Å². The fraction of sp³-hybridized carbons (Fsp3) is 0.200. The molecule has 0 saturated heterocycles. The number of ketones is 1. The maximum absolute atomic E-state index is 11.3. The molecule has 0 atom stereocenters. The van der Waals surface area contributed by atoms with Crippen molar-refractivity contribution in [1.29, 1.82) is 0 Å². The summed E-state index contributed by atoms with van der Waals surface area (Å²) >= 11 is 0. The van der Waals surface area contributed by atoms with Crippen molar-refractivity contribution in [3.05, 3.63) is 35.9 Å². The van der Waals surface area contributed by atoms with Crippen LogP contribution >= 0.6 is 0 Å². The van der Waals surface area contributed by atoms with E-state index < -0.39 is 5.97 Å². The third kappa shape index (κ3) is 3.86. The van der Waals surface area contributed by atoms with Gasteiger partial charge in [-0.25, -0.2) is 0 Å². The molecule has 0 N–H and O–H groups in total. The molecular formula is C10H10O3Ti. The van der Waals surface area contributed by atoms with E-state index in [4.69, 9.17) is 0 Å². The minimum atomic E-state index is -0.506. The van der Waals surface area contributed by atoms with Crippen LogP contribution in [0.2, 0.25) is 0 Å². The first-order valence-corrected chi connectivity index (χ1v) is 3.89. The zero-order chi connectivity index (χ0) is 9.68. The topological polar surface area (TPSA) is 43.4 Å². The van der Waals surface area contributed by atoms with Crippen LogP contribution in [0.5, 0.6) is 0 Å². The summed E-state index contributed by atoms with van der Waals surface area (Å²) in [5.74, 6) is -0.721. The largest absolute Gasteiger partial charge is 0.469 e. The Labute approximate surface area is 97.3 Å². The van der Waals surface area contributed by atoms with E-state index in [1.807, 2.05) is 6.07 Å². The second kappa shape index (κ2) is 6.52. The van der Waals surface area contributed by atoms with Gasteiger partial charge >= 0.3 is 5.97 Å². The molecule has 0 amide bonds. The third-order valence-electron chi connectivity index (χ3n) is 1.63. The van der Waals surface area contributed by atoms with Gasteiger partial charge in [0.05, 0.1) is 7.11 Å². The van der Waals surface area contributed by atoms with Gasteiger partial charge in [-0.15, -0.1) is 0 Å². The van der Waals surface area contributed by atoms with Crippen LogP contribution in [0.25, 0.3) is 0 Å². The molecule has 0 heterocycles. The average molecular weight is 226 g/mol.